The fourth-order valence-electron chi connectivity index (χ4n) is 1.75. The fourth-order valence-corrected chi connectivity index (χ4v) is 2.57. The lowest BCUT2D eigenvalue weighted by Gasteiger charge is -2.19. The molecule has 2 heterocycles. The van der Waals surface area contributed by atoms with Crippen molar-refractivity contribution in [2.75, 3.05) is 13.2 Å². The molecule has 0 spiro atoms. The standard InChI is InChI=1S/C11H14N2O2S/c1-7(11-3-2-8(4-12)16-11)13-9-5-15-6-10(9)14/h2-3,7,9-10,13-14H,5-6H2,1H3. The second-order valence-electron chi connectivity index (χ2n) is 3.91. The highest BCUT2D eigenvalue weighted by Gasteiger charge is 2.27. The number of ether oxygens (including phenoxy) is 1. The van der Waals surface area contributed by atoms with E-state index in [1.807, 2.05) is 19.1 Å². The van der Waals surface area contributed by atoms with Gasteiger partial charge in [0.25, 0.3) is 0 Å². The molecule has 3 atom stereocenters. The first-order valence-electron chi connectivity index (χ1n) is 5.22. The molecule has 4 nitrogen and oxygen atoms in total. The predicted octanol–water partition coefficient (Wildman–Crippen LogP) is 1.03. The predicted molar refractivity (Wildman–Crippen MR) is 61.2 cm³/mol. The van der Waals surface area contributed by atoms with Crippen molar-refractivity contribution in [3.8, 4) is 6.07 Å². The summed E-state index contributed by atoms with van der Waals surface area (Å²) in [6, 6.07) is 6.01. The van der Waals surface area contributed by atoms with Crippen LogP contribution >= 0.6 is 11.3 Å². The molecule has 3 unspecified atom stereocenters. The van der Waals surface area contributed by atoms with Crippen molar-refractivity contribution in [1.82, 2.24) is 5.32 Å². The van der Waals surface area contributed by atoms with E-state index in [4.69, 9.17) is 10.00 Å². The van der Waals surface area contributed by atoms with Crippen molar-refractivity contribution in [2.24, 2.45) is 0 Å². The molecular weight excluding hydrogens is 224 g/mol. The zero-order valence-corrected chi connectivity index (χ0v) is 9.83. The monoisotopic (exact) mass is 238 g/mol. The Bertz CT molecular complexity index is 399. The first-order valence-corrected chi connectivity index (χ1v) is 6.04. The van der Waals surface area contributed by atoms with Crippen LogP contribution in [0.3, 0.4) is 0 Å². The summed E-state index contributed by atoms with van der Waals surface area (Å²) in [6.45, 7) is 2.97. The highest BCUT2D eigenvalue weighted by molar-refractivity contribution is 7.12. The van der Waals surface area contributed by atoms with Gasteiger partial charge in [-0.05, 0) is 19.1 Å². The van der Waals surface area contributed by atoms with Crippen LogP contribution in [0.1, 0.15) is 22.7 Å². The average Bonchev–Trinajstić information content (AvgIpc) is 2.88. The van der Waals surface area contributed by atoms with Crippen LogP contribution in [0.4, 0.5) is 0 Å². The third-order valence-electron chi connectivity index (χ3n) is 2.68. The molecule has 1 aliphatic rings. The molecule has 1 aromatic heterocycles. The molecule has 16 heavy (non-hydrogen) atoms. The molecule has 2 rings (SSSR count). The number of nitrogens with one attached hydrogen (secondary N) is 1. The molecule has 0 amide bonds. The van der Waals surface area contributed by atoms with E-state index in [-0.39, 0.29) is 12.1 Å². The molecule has 0 saturated carbocycles. The second-order valence-corrected chi connectivity index (χ2v) is 5.03. The van der Waals surface area contributed by atoms with Crippen molar-refractivity contribution in [1.29, 1.82) is 5.26 Å². The molecule has 1 aliphatic heterocycles. The Morgan fingerprint density at radius 3 is 3.00 bits per heavy atom. The minimum atomic E-state index is -0.433. The largest absolute Gasteiger partial charge is 0.389 e. The van der Waals surface area contributed by atoms with E-state index in [0.717, 1.165) is 4.88 Å². The Morgan fingerprint density at radius 2 is 2.44 bits per heavy atom. The molecule has 0 aromatic carbocycles. The summed E-state index contributed by atoms with van der Waals surface area (Å²) in [5.41, 5.74) is 0. The van der Waals surface area contributed by atoms with E-state index in [1.54, 1.807) is 0 Å². The molecule has 1 aromatic rings. The van der Waals surface area contributed by atoms with Gasteiger partial charge in [0.05, 0.1) is 25.4 Å². The number of nitriles is 1. The van der Waals surface area contributed by atoms with Gasteiger partial charge in [-0.3, -0.25) is 0 Å². The van der Waals surface area contributed by atoms with Gasteiger partial charge in [-0.2, -0.15) is 5.26 Å². The van der Waals surface area contributed by atoms with Crippen LogP contribution in [0.5, 0.6) is 0 Å². The molecule has 86 valence electrons. The zero-order chi connectivity index (χ0) is 11.5. The van der Waals surface area contributed by atoms with Crippen molar-refractivity contribution in [3.05, 3.63) is 21.9 Å². The maximum atomic E-state index is 9.60. The number of hydrogen-bond donors (Lipinski definition) is 2. The summed E-state index contributed by atoms with van der Waals surface area (Å²) in [7, 11) is 0. The first-order chi connectivity index (χ1) is 7.70. The van der Waals surface area contributed by atoms with Crippen LogP contribution in [0, 0.1) is 11.3 Å². The van der Waals surface area contributed by atoms with Crippen LogP contribution in [-0.2, 0) is 4.74 Å². The Morgan fingerprint density at radius 1 is 1.62 bits per heavy atom. The fraction of sp³-hybridized carbons (Fsp3) is 0.545. The van der Waals surface area contributed by atoms with Gasteiger partial charge in [-0.1, -0.05) is 0 Å². The van der Waals surface area contributed by atoms with Crippen LogP contribution in [0.25, 0.3) is 0 Å². The van der Waals surface area contributed by atoms with Crippen LogP contribution in [-0.4, -0.2) is 30.5 Å². The molecule has 0 bridgehead atoms. The smallest absolute Gasteiger partial charge is 0.110 e. The maximum absolute atomic E-state index is 9.60. The van der Waals surface area contributed by atoms with Gasteiger partial charge in [0, 0.05) is 10.9 Å². The molecule has 2 N–H and O–H groups in total. The van der Waals surface area contributed by atoms with Gasteiger partial charge >= 0.3 is 0 Å². The van der Waals surface area contributed by atoms with Gasteiger partial charge in [0.1, 0.15) is 10.9 Å². The SMILES string of the molecule is CC(NC1COCC1O)c1ccc(C#N)s1. The van der Waals surface area contributed by atoms with Crippen LogP contribution in [0.15, 0.2) is 12.1 Å². The van der Waals surface area contributed by atoms with E-state index in [0.29, 0.717) is 18.1 Å². The van der Waals surface area contributed by atoms with E-state index < -0.39 is 6.10 Å². The third kappa shape index (κ3) is 2.42. The third-order valence-corrected chi connectivity index (χ3v) is 3.85. The first kappa shape index (κ1) is 11.6. The van der Waals surface area contributed by atoms with Crippen molar-refractivity contribution >= 4 is 11.3 Å². The Labute approximate surface area is 98.5 Å². The normalized spacial score (nSPS) is 26.6. The van der Waals surface area contributed by atoms with Crippen LogP contribution < -0.4 is 5.32 Å². The van der Waals surface area contributed by atoms with E-state index in [9.17, 15) is 5.11 Å². The Balaban J connectivity index is 1.97. The minimum Gasteiger partial charge on any atom is -0.389 e. The number of nitrogens with zero attached hydrogens (tertiary/aromatic N) is 1. The lowest BCUT2D eigenvalue weighted by molar-refractivity contribution is 0.121. The summed E-state index contributed by atoms with van der Waals surface area (Å²) < 4.78 is 5.17. The maximum Gasteiger partial charge on any atom is 0.110 e. The zero-order valence-electron chi connectivity index (χ0n) is 9.01. The Kier molecular flexibility index (Phi) is 3.56. The van der Waals surface area contributed by atoms with Gasteiger partial charge in [-0.25, -0.2) is 0 Å². The number of hydrogen-bond acceptors (Lipinski definition) is 5. The molecular formula is C11H14N2O2S. The summed E-state index contributed by atoms with van der Waals surface area (Å²) in [5.74, 6) is 0. The second kappa shape index (κ2) is 4.93. The lowest BCUT2D eigenvalue weighted by Crippen LogP contribution is -2.39. The van der Waals surface area contributed by atoms with Gasteiger partial charge < -0.3 is 15.2 Å². The van der Waals surface area contributed by atoms with Gasteiger partial charge in [-0.15, -0.1) is 11.3 Å². The molecule has 5 heteroatoms. The van der Waals surface area contributed by atoms with E-state index in [1.165, 1.54) is 11.3 Å². The molecule has 1 saturated heterocycles. The quantitative estimate of drug-likeness (QED) is 0.825. The molecule has 0 aliphatic carbocycles. The summed E-state index contributed by atoms with van der Waals surface area (Å²) >= 11 is 1.48. The highest BCUT2D eigenvalue weighted by atomic mass is 32.1. The number of thiophene rings is 1. The van der Waals surface area contributed by atoms with Gasteiger partial charge in [0.15, 0.2) is 0 Å². The van der Waals surface area contributed by atoms with Crippen LogP contribution in [0.2, 0.25) is 0 Å². The van der Waals surface area contributed by atoms with Crippen molar-refractivity contribution in [3.63, 3.8) is 0 Å². The number of rotatable bonds is 3. The Hall–Kier alpha value is -0.930. The molecule has 0 radical (unpaired) electrons. The van der Waals surface area contributed by atoms with E-state index in [2.05, 4.69) is 11.4 Å². The van der Waals surface area contributed by atoms with Crippen molar-refractivity contribution in [2.45, 2.75) is 25.1 Å². The average molecular weight is 238 g/mol. The van der Waals surface area contributed by atoms with Crippen molar-refractivity contribution < 1.29 is 9.84 Å². The van der Waals surface area contributed by atoms with Gasteiger partial charge in [0.2, 0.25) is 0 Å². The minimum absolute atomic E-state index is 0.0114. The number of aliphatic hydroxyl groups is 1. The molecule has 1 fully saturated rings. The highest BCUT2D eigenvalue weighted by Crippen LogP contribution is 2.23. The summed E-state index contributed by atoms with van der Waals surface area (Å²) in [5, 5.41) is 21.6. The van der Waals surface area contributed by atoms with E-state index >= 15 is 0 Å². The summed E-state index contributed by atoms with van der Waals surface area (Å²) in [4.78, 5) is 1.82. The summed E-state index contributed by atoms with van der Waals surface area (Å²) in [6.07, 6.45) is -0.433. The topological polar surface area (TPSA) is 65.3 Å². The number of aliphatic hydroxyl groups excluding tert-OH is 1. The lowest BCUT2D eigenvalue weighted by atomic mass is 10.1.